The second-order valence-corrected chi connectivity index (χ2v) is 7.00. The van der Waals surface area contributed by atoms with Crippen molar-refractivity contribution in [2.24, 2.45) is 0 Å². The van der Waals surface area contributed by atoms with Crippen LogP contribution in [0.25, 0.3) is 0 Å². The van der Waals surface area contributed by atoms with Crippen LogP contribution in [0, 0.1) is 13.8 Å². The van der Waals surface area contributed by atoms with Crippen molar-refractivity contribution in [1.82, 2.24) is 0 Å². The number of hydrogen-bond acceptors (Lipinski definition) is 7. The molecule has 1 N–H and O–H groups in total. The van der Waals surface area contributed by atoms with Gasteiger partial charge in [0.1, 0.15) is 4.88 Å². The molecule has 1 amide bonds. The number of ketones is 1. The largest absolute Gasteiger partial charge is 0.465 e. The molecule has 0 atom stereocenters. The monoisotopic (exact) mass is 403 g/mol. The van der Waals surface area contributed by atoms with Crippen LogP contribution in [0.3, 0.4) is 0 Å². The molecule has 0 saturated heterocycles. The molecule has 1 aromatic carbocycles. The number of ether oxygens (including phenoxy) is 2. The average molecular weight is 403 g/mol. The van der Waals surface area contributed by atoms with E-state index in [0.29, 0.717) is 11.3 Å². The Morgan fingerprint density at radius 1 is 1.04 bits per heavy atom. The van der Waals surface area contributed by atoms with Gasteiger partial charge in [0.25, 0.3) is 5.91 Å². The molecule has 0 spiro atoms. The molecule has 0 aliphatic rings. The summed E-state index contributed by atoms with van der Waals surface area (Å²) in [6.07, 6.45) is -0.120. The van der Waals surface area contributed by atoms with Gasteiger partial charge in [0, 0.05) is 12.0 Å². The molecule has 148 valence electrons. The highest BCUT2D eigenvalue weighted by Gasteiger charge is 2.17. The molecular formula is C20H21NO6S. The Kier molecular flexibility index (Phi) is 7.45. The first-order valence-electron chi connectivity index (χ1n) is 8.53. The summed E-state index contributed by atoms with van der Waals surface area (Å²) >= 11 is 1.13. The van der Waals surface area contributed by atoms with Gasteiger partial charge in [-0.15, -0.1) is 11.3 Å². The lowest BCUT2D eigenvalue weighted by Crippen LogP contribution is -2.22. The third-order valence-corrected chi connectivity index (χ3v) is 4.95. The van der Waals surface area contributed by atoms with E-state index in [9.17, 15) is 19.2 Å². The van der Waals surface area contributed by atoms with Crippen LogP contribution in [0.2, 0.25) is 0 Å². The van der Waals surface area contributed by atoms with Gasteiger partial charge in [-0.1, -0.05) is 12.1 Å². The number of hydrogen-bond donors (Lipinski definition) is 1. The molecular weight excluding hydrogens is 382 g/mol. The number of rotatable bonds is 8. The van der Waals surface area contributed by atoms with Crippen LogP contribution in [0.5, 0.6) is 0 Å². The molecule has 0 radical (unpaired) electrons. The lowest BCUT2D eigenvalue weighted by atomic mass is 10.0. The molecule has 0 aliphatic heterocycles. The van der Waals surface area contributed by atoms with Crippen molar-refractivity contribution in [3.05, 3.63) is 51.2 Å². The summed E-state index contributed by atoms with van der Waals surface area (Å²) in [5, 5.41) is 4.12. The highest BCUT2D eigenvalue weighted by molar-refractivity contribution is 7.12. The van der Waals surface area contributed by atoms with Gasteiger partial charge in [0.15, 0.2) is 12.4 Å². The molecule has 7 nitrogen and oxygen atoms in total. The Hall–Kier alpha value is -3.00. The number of esters is 2. The fraction of sp³-hybridized carbons (Fsp3) is 0.300. The third-order valence-electron chi connectivity index (χ3n) is 4.06. The maximum absolute atomic E-state index is 12.2. The van der Waals surface area contributed by atoms with Crippen LogP contribution in [-0.4, -0.2) is 37.3 Å². The van der Waals surface area contributed by atoms with Gasteiger partial charge in [-0.2, -0.15) is 0 Å². The second-order valence-electron chi connectivity index (χ2n) is 6.09. The fourth-order valence-electron chi connectivity index (χ4n) is 2.34. The van der Waals surface area contributed by atoms with E-state index in [4.69, 9.17) is 4.74 Å². The first-order chi connectivity index (χ1) is 13.3. The number of carbonyl (C=O) groups excluding carboxylic acids is 4. The zero-order valence-corrected chi connectivity index (χ0v) is 16.7. The van der Waals surface area contributed by atoms with Gasteiger partial charge in [-0.25, -0.2) is 4.79 Å². The van der Waals surface area contributed by atoms with E-state index in [0.717, 1.165) is 22.5 Å². The van der Waals surface area contributed by atoms with E-state index in [1.54, 1.807) is 23.6 Å². The fourth-order valence-corrected chi connectivity index (χ4v) is 3.10. The lowest BCUT2D eigenvalue weighted by Gasteiger charge is -2.07. The third kappa shape index (κ3) is 5.75. The molecule has 2 rings (SSSR count). The number of carbonyl (C=O) groups is 4. The summed E-state index contributed by atoms with van der Waals surface area (Å²) in [5.41, 5.74) is 2.93. The van der Waals surface area contributed by atoms with Gasteiger partial charge in [-0.05, 0) is 42.5 Å². The summed E-state index contributed by atoms with van der Waals surface area (Å²) in [4.78, 5) is 47.7. The summed E-state index contributed by atoms with van der Waals surface area (Å²) in [5.74, 6) is -1.96. The number of thiophene rings is 1. The Balaban J connectivity index is 1.78. The normalized spacial score (nSPS) is 10.2. The van der Waals surface area contributed by atoms with Crippen molar-refractivity contribution in [3.8, 4) is 0 Å². The van der Waals surface area contributed by atoms with Crippen LogP contribution in [0.1, 0.15) is 44.0 Å². The van der Waals surface area contributed by atoms with Gasteiger partial charge in [0.2, 0.25) is 0 Å². The van der Waals surface area contributed by atoms with Crippen LogP contribution in [-0.2, 0) is 19.1 Å². The standard InChI is InChI=1S/C20H21NO6S/c1-12-4-5-14(10-13(12)2)16(22)6-7-18(24)27-11-17(23)21-15-8-9-28-19(15)20(25)26-3/h4-5,8-10H,6-7,11H2,1-3H3,(H,21,23). The number of nitrogens with one attached hydrogen (secondary N) is 1. The summed E-state index contributed by atoms with van der Waals surface area (Å²) in [6, 6.07) is 6.93. The van der Waals surface area contributed by atoms with Gasteiger partial charge in [0.05, 0.1) is 19.2 Å². The molecule has 8 heteroatoms. The number of Topliss-reactive ketones (excluding diaryl/α,β-unsaturated/α-hetero) is 1. The molecule has 28 heavy (non-hydrogen) atoms. The average Bonchev–Trinajstić information content (AvgIpc) is 3.13. The lowest BCUT2D eigenvalue weighted by molar-refractivity contribution is -0.147. The number of aryl methyl sites for hydroxylation is 2. The smallest absolute Gasteiger partial charge is 0.350 e. The number of benzene rings is 1. The topological polar surface area (TPSA) is 98.8 Å². The minimum atomic E-state index is -0.647. The Bertz CT molecular complexity index is 902. The Morgan fingerprint density at radius 2 is 1.79 bits per heavy atom. The van der Waals surface area contributed by atoms with Gasteiger partial charge >= 0.3 is 11.9 Å². The van der Waals surface area contributed by atoms with Crippen molar-refractivity contribution in [1.29, 1.82) is 0 Å². The van der Waals surface area contributed by atoms with Crippen LogP contribution < -0.4 is 5.32 Å². The number of amides is 1. The van der Waals surface area contributed by atoms with Crippen LogP contribution >= 0.6 is 11.3 Å². The Morgan fingerprint density at radius 3 is 2.46 bits per heavy atom. The SMILES string of the molecule is COC(=O)c1sccc1NC(=O)COC(=O)CCC(=O)c1ccc(C)c(C)c1. The zero-order valence-electron chi connectivity index (χ0n) is 15.9. The number of methoxy groups -OCH3 is 1. The maximum Gasteiger partial charge on any atom is 0.350 e. The molecule has 1 heterocycles. The van der Waals surface area contributed by atoms with E-state index in [1.807, 2.05) is 19.9 Å². The maximum atomic E-state index is 12.2. The molecule has 0 saturated carbocycles. The molecule has 2 aromatic rings. The van der Waals surface area contributed by atoms with Gasteiger partial charge < -0.3 is 14.8 Å². The summed E-state index contributed by atoms with van der Waals surface area (Å²) < 4.78 is 9.51. The van der Waals surface area contributed by atoms with E-state index in [1.165, 1.54) is 7.11 Å². The zero-order chi connectivity index (χ0) is 20.7. The molecule has 0 bridgehead atoms. The van der Waals surface area contributed by atoms with Crippen molar-refractivity contribution < 1.29 is 28.7 Å². The van der Waals surface area contributed by atoms with E-state index >= 15 is 0 Å². The first kappa shape index (κ1) is 21.3. The number of anilines is 1. The van der Waals surface area contributed by atoms with Crippen molar-refractivity contribution in [3.63, 3.8) is 0 Å². The van der Waals surface area contributed by atoms with Crippen molar-refractivity contribution in [2.45, 2.75) is 26.7 Å². The minimum Gasteiger partial charge on any atom is -0.465 e. The van der Waals surface area contributed by atoms with E-state index in [2.05, 4.69) is 10.1 Å². The molecule has 1 aromatic heterocycles. The van der Waals surface area contributed by atoms with E-state index in [-0.39, 0.29) is 23.5 Å². The second kappa shape index (κ2) is 9.80. The first-order valence-corrected chi connectivity index (χ1v) is 9.41. The summed E-state index contributed by atoms with van der Waals surface area (Å²) in [6.45, 7) is 3.36. The van der Waals surface area contributed by atoms with Gasteiger partial charge in [-0.3, -0.25) is 14.4 Å². The van der Waals surface area contributed by atoms with Crippen LogP contribution in [0.4, 0.5) is 5.69 Å². The van der Waals surface area contributed by atoms with E-state index < -0.39 is 24.5 Å². The van der Waals surface area contributed by atoms with Crippen LogP contribution in [0.15, 0.2) is 29.6 Å². The molecule has 0 aliphatic carbocycles. The molecule has 0 fully saturated rings. The summed E-state index contributed by atoms with van der Waals surface area (Å²) in [7, 11) is 1.24. The predicted molar refractivity (Wildman–Crippen MR) is 105 cm³/mol. The highest BCUT2D eigenvalue weighted by atomic mass is 32.1. The molecule has 0 unspecified atom stereocenters. The van der Waals surface area contributed by atoms with Crippen molar-refractivity contribution >= 4 is 40.7 Å². The minimum absolute atomic E-state index is 0.0000271. The van der Waals surface area contributed by atoms with Crippen molar-refractivity contribution in [2.75, 3.05) is 19.0 Å². The highest BCUT2D eigenvalue weighted by Crippen LogP contribution is 2.23. The quantitative estimate of drug-likeness (QED) is 0.536. The predicted octanol–water partition coefficient (Wildman–Crippen LogP) is 3.30. The Labute approximate surface area is 166 Å².